The van der Waals surface area contributed by atoms with Gasteiger partial charge in [-0.25, -0.2) is 8.42 Å². The Morgan fingerprint density at radius 2 is 1.57 bits per heavy atom. The first-order chi connectivity index (χ1) is 18.9. The van der Waals surface area contributed by atoms with Crippen LogP contribution in [0.3, 0.4) is 0 Å². The molecule has 0 radical (unpaired) electrons. The average molecular weight is 605 g/mol. The SMILES string of the molecule is CCC(C(=O)NCC(C)C)N(Cc1ccc(C)cc1)C(=O)CN(c1cccc(Cl)c1)S(=O)(=O)c1ccc(Cl)cc1. The van der Waals surface area contributed by atoms with Crippen molar-refractivity contribution in [3.8, 4) is 0 Å². The molecule has 0 spiro atoms. The van der Waals surface area contributed by atoms with Gasteiger partial charge in [-0.05, 0) is 67.3 Å². The van der Waals surface area contributed by atoms with Crippen LogP contribution < -0.4 is 9.62 Å². The van der Waals surface area contributed by atoms with E-state index in [1.54, 1.807) is 18.2 Å². The van der Waals surface area contributed by atoms with E-state index >= 15 is 0 Å². The van der Waals surface area contributed by atoms with E-state index < -0.39 is 28.5 Å². The second kappa shape index (κ2) is 14.0. The van der Waals surface area contributed by atoms with Crippen molar-refractivity contribution in [1.82, 2.24) is 10.2 Å². The Morgan fingerprint density at radius 1 is 0.925 bits per heavy atom. The van der Waals surface area contributed by atoms with Crippen LogP contribution in [0.2, 0.25) is 10.0 Å². The van der Waals surface area contributed by atoms with Crippen molar-refractivity contribution in [2.75, 3.05) is 17.4 Å². The molecule has 1 N–H and O–H groups in total. The minimum Gasteiger partial charge on any atom is -0.354 e. The van der Waals surface area contributed by atoms with E-state index in [1.165, 1.54) is 35.2 Å². The summed E-state index contributed by atoms with van der Waals surface area (Å²) >= 11 is 12.2. The maximum absolute atomic E-state index is 14.0. The van der Waals surface area contributed by atoms with Crippen LogP contribution in [0.25, 0.3) is 0 Å². The number of hydrogen-bond acceptors (Lipinski definition) is 4. The molecule has 0 saturated heterocycles. The maximum atomic E-state index is 14.0. The normalized spacial score (nSPS) is 12.2. The average Bonchev–Trinajstić information content (AvgIpc) is 2.91. The highest BCUT2D eigenvalue weighted by Crippen LogP contribution is 2.27. The molecular formula is C30H35Cl2N3O4S. The van der Waals surface area contributed by atoms with E-state index in [9.17, 15) is 18.0 Å². The van der Waals surface area contributed by atoms with Gasteiger partial charge in [-0.1, -0.05) is 79.9 Å². The first-order valence-electron chi connectivity index (χ1n) is 13.1. The molecule has 3 rings (SSSR count). The minimum absolute atomic E-state index is 0.0310. The number of anilines is 1. The lowest BCUT2D eigenvalue weighted by Crippen LogP contribution is -2.52. The van der Waals surface area contributed by atoms with Crippen LogP contribution in [-0.4, -0.2) is 44.3 Å². The van der Waals surface area contributed by atoms with Crippen molar-refractivity contribution in [1.29, 1.82) is 0 Å². The van der Waals surface area contributed by atoms with E-state index in [2.05, 4.69) is 5.32 Å². The Labute approximate surface area is 247 Å². The number of rotatable bonds is 12. The second-order valence-electron chi connectivity index (χ2n) is 10.0. The van der Waals surface area contributed by atoms with Crippen molar-refractivity contribution < 1.29 is 18.0 Å². The maximum Gasteiger partial charge on any atom is 0.264 e. The zero-order valence-electron chi connectivity index (χ0n) is 23.1. The van der Waals surface area contributed by atoms with Gasteiger partial charge in [0.25, 0.3) is 10.0 Å². The summed E-state index contributed by atoms with van der Waals surface area (Å²) in [5.74, 6) is -0.582. The number of benzene rings is 3. The lowest BCUT2D eigenvalue weighted by molar-refractivity contribution is -0.140. The third kappa shape index (κ3) is 8.22. The quantitative estimate of drug-likeness (QED) is 0.272. The molecule has 0 fully saturated rings. The van der Waals surface area contributed by atoms with Crippen molar-refractivity contribution in [2.45, 2.75) is 51.6 Å². The van der Waals surface area contributed by atoms with Crippen LogP contribution in [0.5, 0.6) is 0 Å². The van der Waals surface area contributed by atoms with Crippen LogP contribution in [0.1, 0.15) is 38.3 Å². The number of hydrogen-bond donors (Lipinski definition) is 1. The fourth-order valence-corrected chi connectivity index (χ4v) is 5.84. The summed E-state index contributed by atoms with van der Waals surface area (Å²) in [5.41, 5.74) is 2.11. The molecular weight excluding hydrogens is 569 g/mol. The Hall–Kier alpha value is -3.07. The van der Waals surface area contributed by atoms with Crippen molar-refractivity contribution in [3.63, 3.8) is 0 Å². The fourth-order valence-electron chi connectivity index (χ4n) is 4.13. The van der Waals surface area contributed by atoms with Gasteiger partial charge in [-0.15, -0.1) is 0 Å². The molecule has 3 aromatic carbocycles. The van der Waals surface area contributed by atoms with Crippen LogP contribution >= 0.6 is 23.2 Å². The molecule has 0 aliphatic carbocycles. The Kier molecular flexibility index (Phi) is 11.0. The summed E-state index contributed by atoms with van der Waals surface area (Å²) in [6.45, 7) is 7.82. The van der Waals surface area contributed by atoms with Crippen molar-refractivity contribution in [2.24, 2.45) is 5.92 Å². The molecule has 40 heavy (non-hydrogen) atoms. The topological polar surface area (TPSA) is 86.8 Å². The summed E-state index contributed by atoms with van der Waals surface area (Å²) in [5, 5.41) is 3.62. The molecule has 10 heteroatoms. The number of carbonyl (C=O) groups excluding carboxylic acids is 2. The Balaban J connectivity index is 2.04. The molecule has 1 unspecified atom stereocenters. The summed E-state index contributed by atoms with van der Waals surface area (Å²) in [4.78, 5) is 28.7. The predicted octanol–water partition coefficient (Wildman–Crippen LogP) is 6.08. The van der Waals surface area contributed by atoms with E-state index in [0.717, 1.165) is 15.4 Å². The number of aryl methyl sites for hydroxylation is 1. The molecule has 7 nitrogen and oxygen atoms in total. The fraction of sp³-hybridized carbons (Fsp3) is 0.333. The molecule has 0 aliphatic rings. The molecule has 0 aromatic heterocycles. The first-order valence-corrected chi connectivity index (χ1v) is 15.3. The summed E-state index contributed by atoms with van der Waals surface area (Å²) < 4.78 is 28.7. The summed E-state index contributed by atoms with van der Waals surface area (Å²) in [7, 11) is -4.20. The minimum atomic E-state index is -4.20. The second-order valence-corrected chi connectivity index (χ2v) is 12.8. The Bertz CT molecular complexity index is 1410. The van der Waals surface area contributed by atoms with Gasteiger partial charge in [0.15, 0.2) is 0 Å². The largest absolute Gasteiger partial charge is 0.354 e. The van der Waals surface area contributed by atoms with Crippen LogP contribution in [0, 0.1) is 12.8 Å². The third-order valence-electron chi connectivity index (χ3n) is 6.32. The molecule has 0 heterocycles. The summed E-state index contributed by atoms with van der Waals surface area (Å²) in [6, 6.07) is 18.9. The van der Waals surface area contributed by atoms with Gasteiger partial charge in [-0.3, -0.25) is 13.9 Å². The number of sulfonamides is 1. The van der Waals surface area contributed by atoms with Gasteiger partial charge in [0.1, 0.15) is 12.6 Å². The lowest BCUT2D eigenvalue weighted by Gasteiger charge is -2.33. The van der Waals surface area contributed by atoms with Gasteiger partial charge in [0.05, 0.1) is 10.6 Å². The summed E-state index contributed by atoms with van der Waals surface area (Å²) in [6.07, 6.45) is 0.350. The highest BCUT2D eigenvalue weighted by Gasteiger charge is 2.33. The smallest absolute Gasteiger partial charge is 0.264 e. The first kappa shape index (κ1) is 31.5. The van der Waals surface area contributed by atoms with Crippen LogP contribution in [0.15, 0.2) is 77.7 Å². The number of nitrogens with zero attached hydrogens (tertiary/aromatic N) is 2. The molecule has 2 amide bonds. The number of nitrogens with one attached hydrogen (secondary N) is 1. The molecule has 1 atom stereocenters. The number of halogens is 2. The predicted molar refractivity (Wildman–Crippen MR) is 161 cm³/mol. The lowest BCUT2D eigenvalue weighted by atomic mass is 10.1. The van der Waals surface area contributed by atoms with Crippen molar-refractivity contribution in [3.05, 3.63) is 94.0 Å². The van der Waals surface area contributed by atoms with Gasteiger partial charge in [0.2, 0.25) is 11.8 Å². The molecule has 214 valence electrons. The number of amides is 2. The Morgan fingerprint density at radius 3 is 2.15 bits per heavy atom. The van der Waals surface area contributed by atoms with E-state index in [0.29, 0.717) is 23.0 Å². The van der Waals surface area contributed by atoms with E-state index in [1.807, 2.05) is 52.0 Å². The zero-order chi connectivity index (χ0) is 29.4. The van der Waals surface area contributed by atoms with E-state index in [-0.39, 0.29) is 29.0 Å². The molecule has 3 aromatic rings. The van der Waals surface area contributed by atoms with Gasteiger partial charge >= 0.3 is 0 Å². The zero-order valence-corrected chi connectivity index (χ0v) is 25.4. The van der Waals surface area contributed by atoms with Gasteiger partial charge < -0.3 is 10.2 Å². The highest BCUT2D eigenvalue weighted by molar-refractivity contribution is 7.92. The monoisotopic (exact) mass is 603 g/mol. The standard InChI is InChI=1S/C30H35Cl2N3O4S/c1-5-28(30(37)33-18-21(2)3)34(19-23-11-9-22(4)10-12-23)29(36)20-35(26-8-6-7-25(32)17-26)40(38,39)27-15-13-24(31)14-16-27/h6-17,21,28H,5,18-20H2,1-4H3,(H,33,37). The van der Waals surface area contributed by atoms with Crippen LogP contribution in [-0.2, 0) is 26.2 Å². The molecule has 0 saturated carbocycles. The van der Waals surface area contributed by atoms with E-state index in [4.69, 9.17) is 23.2 Å². The van der Waals surface area contributed by atoms with Crippen molar-refractivity contribution >= 4 is 50.7 Å². The molecule has 0 aliphatic heterocycles. The van der Waals surface area contributed by atoms with Crippen LogP contribution in [0.4, 0.5) is 5.69 Å². The molecule has 0 bridgehead atoms. The van der Waals surface area contributed by atoms with Gasteiger partial charge in [-0.2, -0.15) is 0 Å². The highest BCUT2D eigenvalue weighted by atomic mass is 35.5. The number of carbonyl (C=O) groups is 2. The van der Waals surface area contributed by atoms with Gasteiger partial charge in [0, 0.05) is 23.1 Å². The third-order valence-corrected chi connectivity index (χ3v) is 8.60.